The number of carboxylic acids is 1. The minimum Gasteiger partial charge on any atom is -0.478 e. The number of nitrogens with zero attached hydrogens (tertiary/aromatic N) is 3. The van der Waals surface area contributed by atoms with Gasteiger partial charge in [0.15, 0.2) is 0 Å². The van der Waals surface area contributed by atoms with Crippen LogP contribution in [-0.2, 0) is 6.54 Å². The van der Waals surface area contributed by atoms with Gasteiger partial charge in [-0.25, -0.2) is 4.79 Å². The first-order valence-corrected chi connectivity index (χ1v) is 8.56. The first-order valence-electron chi connectivity index (χ1n) is 8.56. The van der Waals surface area contributed by atoms with E-state index in [4.69, 9.17) is 0 Å². The summed E-state index contributed by atoms with van der Waals surface area (Å²) in [6.45, 7) is 5.34. The Balaban J connectivity index is 1.48. The zero-order valence-corrected chi connectivity index (χ0v) is 14.2. The molecule has 0 radical (unpaired) electrons. The van der Waals surface area contributed by atoms with Crippen molar-refractivity contribution in [3.05, 3.63) is 71.6 Å². The zero-order valence-electron chi connectivity index (χ0n) is 14.2. The smallest absolute Gasteiger partial charge is 0.337 e. The molecule has 2 heterocycles. The molecule has 0 bridgehead atoms. The van der Waals surface area contributed by atoms with Gasteiger partial charge in [-0.2, -0.15) is 0 Å². The molecule has 0 spiro atoms. The molecule has 5 nitrogen and oxygen atoms in total. The summed E-state index contributed by atoms with van der Waals surface area (Å²) in [4.78, 5) is 20.2. The topological polar surface area (TPSA) is 56.7 Å². The fourth-order valence-electron chi connectivity index (χ4n) is 3.00. The first-order chi connectivity index (χ1) is 12.2. The molecule has 1 fully saturated rings. The normalized spacial score (nSPS) is 16.3. The number of carbonyl (C=O) groups is 1. The lowest BCUT2D eigenvalue weighted by Gasteiger charge is -2.34. The Hall–Kier alpha value is -2.50. The van der Waals surface area contributed by atoms with Crippen molar-refractivity contribution in [2.24, 2.45) is 0 Å². The van der Waals surface area contributed by atoms with Crippen LogP contribution in [0.3, 0.4) is 0 Å². The van der Waals surface area contributed by atoms with Gasteiger partial charge in [0.05, 0.1) is 11.3 Å². The van der Waals surface area contributed by atoms with Gasteiger partial charge < -0.3 is 5.11 Å². The number of aromatic carboxylic acids is 1. The highest BCUT2D eigenvalue weighted by atomic mass is 16.4. The summed E-state index contributed by atoms with van der Waals surface area (Å²) >= 11 is 0. The van der Waals surface area contributed by atoms with Crippen LogP contribution in [0.5, 0.6) is 0 Å². The molecule has 0 unspecified atom stereocenters. The molecule has 25 heavy (non-hydrogen) atoms. The fourth-order valence-corrected chi connectivity index (χ4v) is 3.00. The third-order valence-electron chi connectivity index (χ3n) is 4.43. The van der Waals surface area contributed by atoms with E-state index in [-0.39, 0.29) is 0 Å². The second-order valence-electron chi connectivity index (χ2n) is 6.19. The van der Waals surface area contributed by atoms with Gasteiger partial charge in [-0.1, -0.05) is 42.5 Å². The van der Waals surface area contributed by atoms with Crippen LogP contribution in [-0.4, -0.2) is 58.6 Å². The molecule has 1 aliphatic heterocycles. The Labute approximate surface area is 148 Å². The highest BCUT2D eigenvalue weighted by molar-refractivity contribution is 5.88. The molecule has 2 aromatic rings. The molecule has 0 saturated carbocycles. The molecule has 1 aromatic carbocycles. The van der Waals surface area contributed by atoms with E-state index in [2.05, 4.69) is 39.1 Å². The van der Waals surface area contributed by atoms with Gasteiger partial charge >= 0.3 is 5.97 Å². The zero-order chi connectivity index (χ0) is 17.5. The van der Waals surface area contributed by atoms with E-state index in [9.17, 15) is 9.90 Å². The highest BCUT2D eigenvalue weighted by Gasteiger charge is 2.19. The van der Waals surface area contributed by atoms with E-state index in [0.29, 0.717) is 17.8 Å². The van der Waals surface area contributed by atoms with Crippen LogP contribution in [0.2, 0.25) is 0 Å². The Morgan fingerprint density at radius 2 is 1.76 bits per heavy atom. The van der Waals surface area contributed by atoms with E-state index in [0.717, 1.165) is 32.7 Å². The predicted octanol–water partition coefficient (Wildman–Crippen LogP) is 2.61. The minimum absolute atomic E-state index is 0.302. The first kappa shape index (κ1) is 17.3. The van der Waals surface area contributed by atoms with Crippen LogP contribution in [0, 0.1) is 0 Å². The molecule has 0 aliphatic carbocycles. The number of rotatable bonds is 6. The maximum absolute atomic E-state index is 11.3. The lowest BCUT2D eigenvalue weighted by atomic mass is 10.1. The Morgan fingerprint density at radius 3 is 2.48 bits per heavy atom. The van der Waals surface area contributed by atoms with Crippen molar-refractivity contribution in [1.82, 2.24) is 14.8 Å². The molecule has 1 N–H and O–H groups in total. The Morgan fingerprint density at radius 1 is 1.04 bits per heavy atom. The molecule has 3 rings (SSSR count). The molecule has 0 atom stereocenters. The third-order valence-corrected chi connectivity index (χ3v) is 4.43. The van der Waals surface area contributed by atoms with Crippen LogP contribution in [0.25, 0.3) is 6.08 Å². The number of benzene rings is 1. The minimum atomic E-state index is -0.909. The van der Waals surface area contributed by atoms with Gasteiger partial charge in [0.1, 0.15) is 0 Å². The SMILES string of the molecule is O=C(O)c1cccnc1CN1CCN(C/C=C/c2ccccc2)CC1. The van der Waals surface area contributed by atoms with E-state index in [1.807, 2.05) is 18.2 Å². The van der Waals surface area contributed by atoms with Crippen molar-refractivity contribution >= 4 is 12.0 Å². The Bertz CT molecular complexity index is 723. The van der Waals surface area contributed by atoms with Crippen molar-refractivity contribution in [2.75, 3.05) is 32.7 Å². The van der Waals surface area contributed by atoms with Gasteiger partial charge in [0.2, 0.25) is 0 Å². The largest absolute Gasteiger partial charge is 0.478 e. The average Bonchev–Trinajstić information content (AvgIpc) is 2.64. The highest BCUT2D eigenvalue weighted by Crippen LogP contribution is 2.11. The summed E-state index contributed by atoms with van der Waals surface area (Å²) in [5.41, 5.74) is 2.17. The van der Waals surface area contributed by atoms with Gasteiger partial charge in [-0.05, 0) is 17.7 Å². The lowest BCUT2D eigenvalue weighted by Crippen LogP contribution is -2.46. The molecular formula is C20H23N3O2. The summed E-state index contributed by atoms with van der Waals surface area (Å²) in [5.74, 6) is -0.909. The lowest BCUT2D eigenvalue weighted by molar-refractivity contribution is 0.0692. The maximum atomic E-state index is 11.3. The van der Waals surface area contributed by atoms with Crippen LogP contribution in [0.1, 0.15) is 21.6 Å². The van der Waals surface area contributed by atoms with Crippen molar-refractivity contribution in [2.45, 2.75) is 6.54 Å². The molecular weight excluding hydrogens is 314 g/mol. The second-order valence-corrected chi connectivity index (χ2v) is 6.19. The van der Waals surface area contributed by atoms with Crippen LogP contribution in [0.15, 0.2) is 54.7 Å². The van der Waals surface area contributed by atoms with Gasteiger partial charge in [-0.15, -0.1) is 0 Å². The monoisotopic (exact) mass is 337 g/mol. The fraction of sp³-hybridized carbons (Fsp3) is 0.300. The van der Waals surface area contributed by atoms with E-state index < -0.39 is 5.97 Å². The maximum Gasteiger partial charge on any atom is 0.337 e. The number of hydrogen-bond donors (Lipinski definition) is 1. The number of aromatic nitrogens is 1. The summed E-state index contributed by atoms with van der Waals surface area (Å²) in [6.07, 6.45) is 6.01. The van der Waals surface area contributed by atoms with E-state index >= 15 is 0 Å². The quantitative estimate of drug-likeness (QED) is 0.878. The van der Waals surface area contributed by atoms with Crippen molar-refractivity contribution < 1.29 is 9.90 Å². The van der Waals surface area contributed by atoms with Crippen molar-refractivity contribution in [3.63, 3.8) is 0 Å². The average molecular weight is 337 g/mol. The van der Waals surface area contributed by atoms with E-state index in [1.54, 1.807) is 18.3 Å². The van der Waals surface area contributed by atoms with Gasteiger partial charge in [0, 0.05) is 45.5 Å². The van der Waals surface area contributed by atoms with Crippen LogP contribution >= 0.6 is 0 Å². The molecule has 1 saturated heterocycles. The van der Waals surface area contributed by atoms with Gasteiger partial charge in [-0.3, -0.25) is 14.8 Å². The summed E-state index contributed by atoms with van der Waals surface area (Å²) in [5, 5.41) is 9.25. The molecule has 1 aromatic heterocycles. The predicted molar refractivity (Wildman–Crippen MR) is 98.4 cm³/mol. The summed E-state index contributed by atoms with van der Waals surface area (Å²) in [6, 6.07) is 13.6. The number of carboxylic acid groups (broad SMARTS) is 1. The van der Waals surface area contributed by atoms with Crippen molar-refractivity contribution in [1.29, 1.82) is 0 Å². The van der Waals surface area contributed by atoms with Crippen molar-refractivity contribution in [3.8, 4) is 0 Å². The number of pyridine rings is 1. The molecule has 130 valence electrons. The Kier molecular flexibility index (Phi) is 5.93. The number of hydrogen-bond acceptors (Lipinski definition) is 4. The molecule has 1 aliphatic rings. The van der Waals surface area contributed by atoms with Gasteiger partial charge in [0.25, 0.3) is 0 Å². The summed E-state index contributed by atoms with van der Waals surface area (Å²) in [7, 11) is 0. The number of piperazine rings is 1. The van der Waals surface area contributed by atoms with Crippen LogP contribution in [0.4, 0.5) is 0 Å². The van der Waals surface area contributed by atoms with Crippen LogP contribution < -0.4 is 0 Å². The molecule has 5 heteroatoms. The third kappa shape index (κ3) is 4.98. The van der Waals surface area contributed by atoms with E-state index in [1.165, 1.54) is 5.56 Å². The standard InChI is InChI=1S/C20H23N3O2/c24-20(25)18-9-4-10-21-19(18)16-23-14-12-22(13-15-23)11-5-8-17-6-2-1-3-7-17/h1-10H,11-16H2,(H,24,25)/b8-5+. The molecule has 0 amide bonds. The second kappa shape index (κ2) is 8.55. The summed E-state index contributed by atoms with van der Waals surface area (Å²) < 4.78 is 0.